The van der Waals surface area contributed by atoms with Crippen LogP contribution in [0.25, 0.3) is 0 Å². The van der Waals surface area contributed by atoms with Crippen molar-refractivity contribution in [3.8, 4) is 0 Å². The molecule has 0 saturated heterocycles. The Morgan fingerprint density at radius 3 is 2.06 bits per heavy atom. The molecule has 3 N–H and O–H groups in total. The maximum absolute atomic E-state index is 13.3. The van der Waals surface area contributed by atoms with E-state index >= 15 is 0 Å². The van der Waals surface area contributed by atoms with Gasteiger partial charge in [-0.25, -0.2) is 0 Å². The summed E-state index contributed by atoms with van der Waals surface area (Å²) in [4.78, 5) is 13.2. The predicted octanol–water partition coefficient (Wildman–Crippen LogP) is 5.99. The first-order valence-corrected chi connectivity index (χ1v) is 10.2. The van der Waals surface area contributed by atoms with Gasteiger partial charge < -0.3 is 16.0 Å². The maximum atomic E-state index is 13.3. The van der Waals surface area contributed by atoms with Gasteiger partial charge in [-0.3, -0.25) is 4.79 Å². The lowest BCUT2D eigenvalue weighted by Crippen LogP contribution is -2.39. The molecule has 1 atom stereocenters. The molecule has 0 fully saturated rings. The van der Waals surface area contributed by atoms with E-state index in [0.29, 0.717) is 11.3 Å². The molecule has 3 aromatic rings. The third kappa shape index (κ3) is 5.64. The number of thiocarbonyl (C=S) groups is 1. The number of anilines is 2. The second-order valence-electron chi connectivity index (χ2n) is 7.24. The van der Waals surface area contributed by atoms with E-state index in [1.165, 1.54) is 18.2 Å². The monoisotopic (exact) mass is 457 g/mol. The summed E-state index contributed by atoms with van der Waals surface area (Å²) in [6.45, 7) is 3.77. The second kappa shape index (κ2) is 9.82. The zero-order valence-electron chi connectivity index (χ0n) is 17.5. The van der Waals surface area contributed by atoms with E-state index in [-0.39, 0.29) is 16.7 Å². The number of para-hydroxylation sites is 2. The van der Waals surface area contributed by atoms with Crippen LogP contribution in [0.5, 0.6) is 0 Å². The molecule has 1 unspecified atom stereocenters. The largest absolute Gasteiger partial charge is 0.418 e. The van der Waals surface area contributed by atoms with Gasteiger partial charge in [-0.05, 0) is 54.9 Å². The standard InChI is InChI=1S/C24H22F3N3OS/c1-15-9-8-10-16(2)20(15)29-22(31)21(17-11-4-3-5-12-17)30-23(32)28-19-14-7-6-13-18(19)24(25,26)27/h3-14,21H,1-2H3,(H,29,31)(H2,28,30,32). The molecule has 166 valence electrons. The number of hydrogen-bond donors (Lipinski definition) is 3. The first kappa shape index (κ1) is 23.3. The fourth-order valence-electron chi connectivity index (χ4n) is 3.28. The van der Waals surface area contributed by atoms with Crippen molar-refractivity contribution in [1.82, 2.24) is 5.32 Å². The number of amides is 1. The summed E-state index contributed by atoms with van der Waals surface area (Å²) >= 11 is 5.26. The molecule has 0 aliphatic heterocycles. The summed E-state index contributed by atoms with van der Waals surface area (Å²) in [6.07, 6.45) is -4.54. The molecule has 32 heavy (non-hydrogen) atoms. The van der Waals surface area contributed by atoms with E-state index in [1.807, 2.05) is 32.0 Å². The van der Waals surface area contributed by atoms with Gasteiger partial charge in [0, 0.05) is 5.69 Å². The van der Waals surface area contributed by atoms with Crippen LogP contribution < -0.4 is 16.0 Å². The van der Waals surface area contributed by atoms with Crippen molar-refractivity contribution in [2.75, 3.05) is 10.6 Å². The normalized spacial score (nSPS) is 12.0. The molecule has 0 aromatic heterocycles. The van der Waals surface area contributed by atoms with Crippen LogP contribution >= 0.6 is 12.2 Å². The van der Waals surface area contributed by atoms with E-state index in [0.717, 1.165) is 17.2 Å². The Balaban J connectivity index is 1.85. The first-order chi connectivity index (χ1) is 15.2. The molecule has 8 heteroatoms. The number of benzene rings is 3. The third-order valence-corrected chi connectivity index (χ3v) is 5.10. The number of halogens is 3. The molecule has 0 heterocycles. The molecule has 1 amide bonds. The van der Waals surface area contributed by atoms with Gasteiger partial charge >= 0.3 is 6.18 Å². The lowest BCUT2D eigenvalue weighted by atomic mass is 10.0. The Labute approximate surface area is 189 Å². The van der Waals surface area contributed by atoms with Crippen molar-refractivity contribution in [2.45, 2.75) is 26.1 Å². The SMILES string of the molecule is Cc1cccc(C)c1NC(=O)C(NC(=S)Nc1ccccc1C(F)(F)F)c1ccccc1. The van der Waals surface area contributed by atoms with Gasteiger partial charge in [0.1, 0.15) is 6.04 Å². The maximum Gasteiger partial charge on any atom is 0.418 e. The number of carbonyl (C=O) groups excluding carboxylic acids is 1. The molecule has 3 aromatic carbocycles. The first-order valence-electron chi connectivity index (χ1n) is 9.82. The fourth-order valence-corrected chi connectivity index (χ4v) is 3.51. The van der Waals surface area contributed by atoms with E-state index in [2.05, 4.69) is 16.0 Å². The summed E-state index contributed by atoms with van der Waals surface area (Å²) in [5, 5.41) is 8.25. The smallest absolute Gasteiger partial charge is 0.347 e. The van der Waals surface area contributed by atoms with Gasteiger partial charge in [0.25, 0.3) is 5.91 Å². The van der Waals surface area contributed by atoms with Gasteiger partial charge in [-0.2, -0.15) is 13.2 Å². The molecule has 0 aliphatic rings. The average molecular weight is 458 g/mol. The minimum Gasteiger partial charge on any atom is -0.347 e. The van der Waals surface area contributed by atoms with Crippen LogP contribution in [0, 0.1) is 13.8 Å². The van der Waals surface area contributed by atoms with Crippen molar-refractivity contribution < 1.29 is 18.0 Å². The quantitative estimate of drug-likeness (QED) is 0.412. The van der Waals surface area contributed by atoms with Crippen molar-refractivity contribution in [2.24, 2.45) is 0 Å². The molecule has 0 saturated carbocycles. The number of alkyl halides is 3. The highest BCUT2D eigenvalue weighted by atomic mass is 32.1. The Kier molecular flexibility index (Phi) is 7.15. The number of hydrogen-bond acceptors (Lipinski definition) is 2. The highest BCUT2D eigenvalue weighted by Gasteiger charge is 2.33. The van der Waals surface area contributed by atoms with E-state index in [9.17, 15) is 18.0 Å². The van der Waals surface area contributed by atoms with Crippen LogP contribution in [0.3, 0.4) is 0 Å². The Bertz CT molecular complexity index is 1100. The number of nitrogens with one attached hydrogen (secondary N) is 3. The molecule has 0 radical (unpaired) electrons. The highest BCUT2D eigenvalue weighted by Crippen LogP contribution is 2.34. The Morgan fingerprint density at radius 1 is 0.844 bits per heavy atom. The van der Waals surface area contributed by atoms with E-state index in [1.54, 1.807) is 30.3 Å². The van der Waals surface area contributed by atoms with Gasteiger partial charge in [0.05, 0.1) is 11.3 Å². The van der Waals surface area contributed by atoms with Gasteiger partial charge in [0.2, 0.25) is 0 Å². The lowest BCUT2D eigenvalue weighted by Gasteiger charge is -2.23. The molecule has 0 bridgehead atoms. The zero-order chi connectivity index (χ0) is 23.3. The van der Waals surface area contributed by atoms with Crippen molar-refractivity contribution >= 4 is 34.6 Å². The number of aryl methyl sites for hydroxylation is 2. The average Bonchev–Trinajstić information content (AvgIpc) is 2.75. The summed E-state index contributed by atoms with van der Waals surface area (Å²) in [7, 11) is 0. The van der Waals surface area contributed by atoms with Gasteiger partial charge in [-0.1, -0.05) is 60.7 Å². The summed E-state index contributed by atoms with van der Waals surface area (Å²) in [6, 6.07) is 18.6. The van der Waals surface area contributed by atoms with Crippen molar-refractivity contribution in [3.63, 3.8) is 0 Å². The van der Waals surface area contributed by atoms with Crippen LogP contribution in [0.1, 0.15) is 28.3 Å². The summed E-state index contributed by atoms with van der Waals surface area (Å²) in [5.41, 5.74) is 2.04. The van der Waals surface area contributed by atoms with Crippen LogP contribution in [0.2, 0.25) is 0 Å². The van der Waals surface area contributed by atoms with Crippen LogP contribution in [-0.4, -0.2) is 11.0 Å². The lowest BCUT2D eigenvalue weighted by molar-refractivity contribution is -0.136. The third-order valence-electron chi connectivity index (χ3n) is 4.88. The summed E-state index contributed by atoms with van der Waals surface area (Å²) < 4.78 is 39.9. The minimum absolute atomic E-state index is 0.104. The predicted molar refractivity (Wildman–Crippen MR) is 125 cm³/mol. The molecular formula is C24H22F3N3OS. The number of rotatable bonds is 5. The molecule has 3 rings (SSSR count). The Morgan fingerprint density at radius 2 is 1.44 bits per heavy atom. The Hall–Kier alpha value is -3.39. The fraction of sp³-hybridized carbons (Fsp3) is 0.167. The van der Waals surface area contributed by atoms with Gasteiger partial charge in [-0.15, -0.1) is 0 Å². The molecule has 0 aliphatic carbocycles. The highest BCUT2D eigenvalue weighted by molar-refractivity contribution is 7.80. The molecular weight excluding hydrogens is 435 g/mol. The van der Waals surface area contributed by atoms with E-state index < -0.39 is 17.8 Å². The van der Waals surface area contributed by atoms with Gasteiger partial charge in [0.15, 0.2) is 5.11 Å². The minimum atomic E-state index is -4.54. The molecule has 0 spiro atoms. The number of carbonyl (C=O) groups is 1. The summed E-state index contributed by atoms with van der Waals surface area (Å²) in [5.74, 6) is -0.387. The van der Waals surface area contributed by atoms with E-state index in [4.69, 9.17) is 12.2 Å². The van der Waals surface area contributed by atoms with Crippen LogP contribution in [0.15, 0.2) is 72.8 Å². The van der Waals surface area contributed by atoms with Crippen LogP contribution in [-0.2, 0) is 11.0 Å². The zero-order valence-corrected chi connectivity index (χ0v) is 18.3. The second-order valence-corrected chi connectivity index (χ2v) is 7.65. The van der Waals surface area contributed by atoms with Crippen molar-refractivity contribution in [3.05, 3.63) is 95.1 Å². The van der Waals surface area contributed by atoms with Crippen molar-refractivity contribution in [1.29, 1.82) is 0 Å². The van der Waals surface area contributed by atoms with Crippen LogP contribution in [0.4, 0.5) is 24.5 Å². The molecule has 4 nitrogen and oxygen atoms in total. The topological polar surface area (TPSA) is 53.2 Å².